The average Bonchev–Trinajstić information content (AvgIpc) is 3.10. The number of amides is 1. The quantitative estimate of drug-likeness (QED) is 0.352. The minimum Gasteiger partial charge on any atom is -0.507 e. The third kappa shape index (κ3) is 5.74. The SMILES string of the molecule is Cc1ccc(C2C(=C(O)c3ccc(OC(C)C)cc3)C(=O)C(=O)N2CCCN2CCOCC2)cc1. The number of carbonyl (C=O) groups excluding carboxylic acids is 2. The largest absolute Gasteiger partial charge is 0.507 e. The Morgan fingerprint density at radius 1 is 1.03 bits per heavy atom. The number of Topliss-reactive ketones (excluding diaryl/α,β-unsaturated/α-hetero) is 1. The van der Waals surface area contributed by atoms with E-state index in [4.69, 9.17) is 9.47 Å². The minimum atomic E-state index is -0.651. The molecule has 2 saturated heterocycles. The molecule has 0 spiro atoms. The van der Waals surface area contributed by atoms with E-state index in [0.29, 0.717) is 17.9 Å². The van der Waals surface area contributed by atoms with Crippen LogP contribution in [0, 0.1) is 6.92 Å². The van der Waals surface area contributed by atoms with Gasteiger partial charge >= 0.3 is 0 Å². The molecule has 4 rings (SSSR count). The van der Waals surface area contributed by atoms with Gasteiger partial charge in [-0.3, -0.25) is 14.5 Å². The van der Waals surface area contributed by atoms with Gasteiger partial charge in [0.05, 0.1) is 30.9 Å². The van der Waals surface area contributed by atoms with Crippen LogP contribution in [0.3, 0.4) is 0 Å². The van der Waals surface area contributed by atoms with E-state index in [1.165, 1.54) is 0 Å². The maximum atomic E-state index is 13.2. The van der Waals surface area contributed by atoms with Crippen molar-refractivity contribution in [1.82, 2.24) is 9.80 Å². The predicted molar refractivity (Wildman–Crippen MR) is 134 cm³/mol. The van der Waals surface area contributed by atoms with E-state index in [1.807, 2.05) is 45.0 Å². The molecule has 7 heteroatoms. The molecule has 0 saturated carbocycles. The highest BCUT2D eigenvalue weighted by atomic mass is 16.5. The summed E-state index contributed by atoms with van der Waals surface area (Å²) in [5.41, 5.74) is 2.49. The average molecular weight is 479 g/mol. The van der Waals surface area contributed by atoms with E-state index < -0.39 is 17.7 Å². The van der Waals surface area contributed by atoms with Crippen molar-refractivity contribution >= 4 is 17.4 Å². The lowest BCUT2D eigenvalue weighted by atomic mass is 9.94. The first-order chi connectivity index (χ1) is 16.8. The van der Waals surface area contributed by atoms with Crippen LogP contribution in [0.4, 0.5) is 0 Å². The summed E-state index contributed by atoms with van der Waals surface area (Å²) in [6, 6.07) is 14.1. The Morgan fingerprint density at radius 3 is 2.31 bits per heavy atom. The Kier molecular flexibility index (Phi) is 7.88. The van der Waals surface area contributed by atoms with Gasteiger partial charge in [-0.15, -0.1) is 0 Å². The summed E-state index contributed by atoms with van der Waals surface area (Å²) in [5, 5.41) is 11.2. The summed E-state index contributed by atoms with van der Waals surface area (Å²) in [7, 11) is 0. The molecule has 2 aromatic rings. The highest BCUT2D eigenvalue weighted by Gasteiger charge is 2.45. The molecular formula is C28H34N2O5. The van der Waals surface area contributed by atoms with Crippen LogP contribution in [0.2, 0.25) is 0 Å². The number of benzene rings is 2. The molecule has 186 valence electrons. The van der Waals surface area contributed by atoms with Crippen molar-refractivity contribution in [3.8, 4) is 5.75 Å². The second-order valence-electron chi connectivity index (χ2n) is 9.40. The number of aliphatic hydroxyl groups excluding tert-OH is 1. The molecule has 0 radical (unpaired) electrons. The lowest BCUT2D eigenvalue weighted by molar-refractivity contribution is -0.140. The van der Waals surface area contributed by atoms with Gasteiger partial charge in [-0.25, -0.2) is 0 Å². The van der Waals surface area contributed by atoms with E-state index >= 15 is 0 Å². The minimum absolute atomic E-state index is 0.0266. The van der Waals surface area contributed by atoms with Gasteiger partial charge in [0.2, 0.25) is 0 Å². The van der Waals surface area contributed by atoms with Gasteiger partial charge in [0.25, 0.3) is 11.7 Å². The van der Waals surface area contributed by atoms with Gasteiger partial charge in [-0.05, 0) is 57.0 Å². The lowest BCUT2D eigenvalue weighted by Gasteiger charge is -2.29. The van der Waals surface area contributed by atoms with Crippen LogP contribution in [-0.4, -0.2) is 72.1 Å². The second kappa shape index (κ2) is 11.1. The lowest BCUT2D eigenvalue weighted by Crippen LogP contribution is -2.38. The second-order valence-corrected chi connectivity index (χ2v) is 9.40. The van der Waals surface area contributed by atoms with Crippen LogP contribution in [0.15, 0.2) is 54.1 Å². The summed E-state index contributed by atoms with van der Waals surface area (Å²) >= 11 is 0. The smallest absolute Gasteiger partial charge is 0.295 e. The van der Waals surface area contributed by atoms with Crippen molar-refractivity contribution in [1.29, 1.82) is 0 Å². The van der Waals surface area contributed by atoms with E-state index in [0.717, 1.165) is 50.4 Å². The van der Waals surface area contributed by atoms with E-state index in [1.54, 1.807) is 29.2 Å². The molecule has 2 fully saturated rings. The summed E-state index contributed by atoms with van der Waals surface area (Å²) in [5.74, 6) is -0.711. The molecule has 7 nitrogen and oxygen atoms in total. The molecule has 2 heterocycles. The number of aliphatic hydroxyl groups is 1. The number of hydrogen-bond donors (Lipinski definition) is 1. The number of carbonyl (C=O) groups is 2. The van der Waals surface area contributed by atoms with Crippen molar-refractivity contribution in [3.05, 3.63) is 70.8 Å². The molecule has 2 aliphatic heterocycles. The van der Waals surface area contributed by atoms with Gasteiger partial charge in [-0.1, -0.05) is 29.8 Å². The van der Waals surface area contributed by atoms with Crippen LogP contribution in [-0.2, 0) is 14.3 Å². The third-order valence-electron chi connectivity index (χ3n) is 6.41. The third-order valence-corrected chi connectivity index (χ3v) is 6.41. The fraction of sp³-hybridized carbons (Fsp3) is 0.429. The Morgan fingerprint density at radius 2 is 1.69 bits per heavy atom. The van der Waals surface area contributed by atoms with Crippen molar-refractivity contribution in [2.75, 3.05) is 39.4 Å². The van der Waals surface area contributed by atoms with Crippen molar-refractivity contribution < 1.29 is 24.2 Å². The first kappa shape index (κ1) is 24.9. The van der Waals surface area contributed by atoms with E-state index in [2.05, 4.69) is 4.90 Å². The zero-order valence-corrected chi connectivity index (χ0v) is 20.7. The number of nitrogens with zero attached hydrogens (tertiary/aromatic N) is 2. The number of ketones is 1. The number of rotatable bonds is 8. The first-order valence-corrected chi connectivity index (χ1v) is 12.3. The van der Waals surface area contributed by atoms with Gasteiger partial charge < -0.3 is 19.5 Å². The fourth-order valence-electron chi connectivity index (χ4n) is 4.61. The van der Waals surface area contributed by atoms with Gasteiger partial charge in [0, 0.05) is 31.7 Å². The normalized spacial score (nSPS) is 20.6. The highest BCUT2D eigenvalue weighted by molar-refractivity contribution is 6.46. The summed E-state index contributed by atoms with van der Waals surface area (Å²) in [6.07, 6.45) is 0.759. The molecule has 0 aromatic heterocycles. The van der Waals surface area contributed by atoms with Crippen LogP contribution in [0.5, 0.6) is 5.75 Å². The molecule has 1 N–H and O–H groups in total. The van der Waals surface area contributed by atoms with Crippen LogP contribution >= 0.6 is 0 Å². The maximum Gasteiger partial charge on any atom is 0.295 e. The predicted octanol–water partition coefficient (Wildman–Crippen LogP) is 3.93. The zero-order chi connectivity index (χ0) is 24.9. The molecule has 1 amide bonds. The molecule has 2 aromatic carbocycles. The molecule has 35 heavy (non-hydrogen) atoms. The zero-order valence-electron chi connectivity index (χ0n) is 20.7. The summed E-state index contributed by atoms with van der Waals surface area (Å²) in [6.45, 7) is 10.3. The number of ether oxygens (including phenoxy) is 2. The Balaban J connectivity index is 1.64. The highest BCUT2D eigenvalue weighted by Crippen LogP contribution is 2.39. The number of aryl methyl sites for hydroxylation is 1. The number of morpholine rings is 1. The summed E-state index contributed by atoms with van der Waals surface area (Å²) < 4.78 is 11.1. The number of hydrogen-bond acceptors (Lipinski definition) is 6. The molecule has 0 aliphatic carbocycles. The maximum absolute atomic E-state index is 13.2. The molecule has 2 aliphatic rings. The monoisotopic (exact) mass is 478 g/mol. The Labute approximate surface area is 206 Å². The Hall–Kier alpha value is -3.16. The topological polar surface area (TPSA) is 79.3 Å². The van der Waals surface area contributed by atoms with Gasteiger partial charge in [0.15, 0.2) is 0 Å². The Bertz CT molecular complexity index is 1070. The van der Waals surface area contributed by atoms with Gasteiger partial charge in [0.1, 0.15) is 11.5 Å². The standard InChI is InChI=1S/C28H34N2O5/c1-19(2)35-23-11-9-22(10-12-23)26(31)24-25(21-7-5-20(3)6-8-21)30(28(33)27(24)32)14-4-13-29-15-17-34-18-16-29/h5-12,19,25,31H,4,13-18H2,1-3H3. The first-order valence-electron chi connectivity index (χ1n) is 12.3. The van der Waals surface area contributed by atoms with Crippen LogP contribution in [0.25, 0.3) is 5.76 Å². The molecular weight excluding hydrogens is 444 g/mol. The molecule has 0 bridgehead atoms. The number of likely N-dealkylation sites (tertiary alicyclic amines) is 1. The van der Waals surface area contributed by atoms with Crippen LogP contribution in [0.1, 0.15) is 43.0 Å². The fourth-order valence-corrected chi connectivity index (χ4v) is 4.61. The van der Waals surface area contributed by atoms with E-state index in [9.17, 15) is 14.7 Å². The molecule has 1 unspecified atom stereocenters. The van der Waals surface area contributed by atoms with E-state index in [-0.39, 0.29) is 17.4 Å². The van der Waals surface area contributed by atoms with Crippen molar-refractivity contribution in [3.63, 3.8) is 0 Å². The van der Waals surface area contributed by atoms with Crippen molar-refractivity contribution in [2.24, 2.45) is 0 Å². The van der Waals surface area contributed by atoms with Gasteiger partial charge in [-0.2, -0.15) is 0 Å². The molecule has 1 atom stereocenters. The summed E-state index contributed by atoms with van der Waals surface area (Å²) in [4.78, 5) is 30.2. The van der Waals surface area contributed by atoms with Crippen LogP contribution < -0.4 is 4.74 Å². The van der Waals surface area contributed by atoms with Crippen molar-refractivity contribution in [2.45, 2.75) is 39.3 Å².